The van der Waals surface area contributed by atoms with Crippen LogP contribution in [0.4, 0.5) is 15.8 Å². The van der Waals surface area contributed by atoms with Crippen molar-refractivity contribution in [3.05, 3.63) is 59.9 Å². The molecule has 1 atom stereocenters. The van der Waals surface area contributed by atoms with Gasteiger partial charge in [-0.15, -0.1) is 0 Å². The number of piperidine rings is 1. The summed E-state index contributed by atoms with van der Waals surface area (Å²) in [6, 6.07) is 14.6. The molecule has 0 aromatic heterocycles. The van der Waals surface area contributed by atoms with Crippen LogP contribution < -0.4 is 10.2 Å². The van der Waals surface area contributed by atoms with E-state index in [2.05, 4.69) is 22.3 Å². The number of anilines is 2. The lowest BCUT2D eigenvalue weighted by molar-refractivity contribution is 0.0715. The minimum atomic E-state index is -0.238. The zero-order valence-corrected chi connectivity index (χ0v) is 15.5. The molecule has 0 saturated carbocycles. The Bertz CT molecular complexity index is 769. The molecule has 0 radical (unpaired) electrons. The highest BCUT2D eigenvalue weighted by Gasteiger charge is 2.24. The molecule has 2 aromatic rings. The molecule has 2 fully saturated rings. The maximum Gasteiger partial charge on any atom is 0.253 e. The average molecular weight is 367 g/mol. The molecule has 142 valence electrons. The van der Waals surface area contributed by atoms with Crippen LogP contribution in [0.1, 0.15) is 36.0 Å². The van der Waals surface area contributed by atoms with E-state index in [0.717, 1.165) is 43.7 Å². The number of carbonyl (C=O) groups is 1. The fraction of sp³-hybridized carbons (Fsp3) is 0.409. The lowest BCUT2D eigenvalue weighted by Crippen LogP contribution is -2.45. The minimum Gasteiger partial charge on any atom is -0.381 e. The highest BCUT2D eigenvalue weighted by Crippen LogP contribution is 2.22. The molecule has 1 N–H and O–H groups in total. The van der Waals surface area contributed by atoms with E-state index < -0.39 is 0 Å². The Balaban J connectivity index is 1.38. The van der Waals surface area contributed by atoms with Gasteiger partial charge in [0.05, 0.1) is 0 Å². The SMILES string of the molecule is O=C(c1ccc(N2CCCC2)cc1)N1CCC[C@@H](Nc2ccc(F)cc2)C1. The summed E-state index contributed by atoms with van der Waals surface area (Å²) in [5, 5.41) is 3.42. The highest BCUT2D eigenvalue weighted by molar-refractivity contribution is 5.94. The van der Waals surface area contributed by atoms with Gasteiger partial charge in [0.2, 0.25) is 0 Å². The Morgan fingerprint density at radius 2 is 1.63 bits per heavy atom. The molecule has 2 heterocycles. The van der Waals surface area contributed by atoms with E-state index >= 15 is 0 Å². The Morgan fingerprint density at radius 3 is 2.33 bits per heavy atom. The van der Waals surface area contributed by atoms with Crippen LogP contribution in [-0.2, 0) is 0 Å². The average Bonchev–Trinajstić information content (AvgIpc) is 3.24. The quantitative estimate of drug-likeness (QED) is 0.882. The lowest BCUT2D eigenvalue weighted by atomic mass is 10.0. The lowest BCUT2D eigenvalue weighted by Gasteiger charge is -2.34. The summed E-state index contributed by atoms with van der Waals surface area (Å²) in [6.07, 6.45) is 4.47. The third-order valence-corrected chi connectivity index (χ3v) is 5.51. The van der Waals surface area contributed by atoms with E-state index in [9.17, 15) is 9.18 Å². The Hall–Kier alpha value is -2.56. The standard InChI is InChI=1S/C22H26FN3O/c23-18-7-9-19(10-8-18)24-20-4-3-15-26(16-20)22(27)17-5-11-21(12-6-17)25-13-1-2-14-25/h5-12,20,24H,1-4,13-16H2/t20-/m1/s1. The van der Waals surface area contributed by atoms with Gasteiger partial charge in [-0.1, -0.05) is 0 Å². The van der Waals surface area contributed by atoms with Crippen LogP contribution in [-0.4, -0.2) is 43.0 Å². The number of halogens is 1. The summed E-state index contributed by atoms with van der Waals surface area (Å²) in [5.41, 5.74) is 2.85. The predicted molar refractivity (Wildman–Crippen MR) is 107 cm³/mol. The number of likely N-dealkylation sites (tertiary alicyclic amines) is 1. The summed E-state index contributed by atoms with van der Waals surface area (Å²) in [7, 11) is 0. The molecule has 2 saturated heterocycles. The number of nitrogens with one attached hydrogen (secondary N) is 1. The first-order valence-corrected chi connectivity index (χ1v) is 9.85. The maximum absolute atomic E-state index is 13.1. The molecule has 27 heavy (non-hydrogen) atoms. The second-order valence-corrected chi connectivity index (χ2v) is 7.48. The number of rotatable bonds is 4. The highest BCUT2D eigenvalue weighted by atomic mass is 19.1. The van der Waals surface area contributed by atoms with Crippen molar-refractivity contribution in [1.82, 2.24) is 4.90 Å². The van der Waals surface area contributed by atoms with E-state index in [1.54, 1.807) is 12.1 Å². The van der Waals surface area contributed by atoms with Crippen molar-refractivity contribution in [1.29, 1.82) is 0 Å². The number of amides is 1. The van der Waals surface area contributed by atoms with Crippen LogP contribution in [0, 0.1) is 5.82 Å². The molecule has 4 rings (SSSR count). The van der Waals surface area contributed by atoms with Gasteiger partial charge in [0, 0.05) is 49.2 Å². The van der Waals surface area contributed by atoms with Crippen LogP contribution in [0.15, 0.2) is 48.5 Å². The van der Waals surface area contributed by atoms with Gasteiger partial charge in [0.1, 0.15) is 5.82 Å². The zero-order chi connectivity index (χ0) is 18.6. The fourth-order valence-electron chi connectivity index (χ4n) is 4.03. The molecule has 0 aliphatic carbocycles. The van der Waals surface area contributed by atoms with Gasteiger partial charge in [-0.05, 0) is 74.2 Å². The van der Waals surface area contributed by atoms with Gasteiger partial charge in [0.15, 0.2) is 0 Å². The van der Waals surface area contributed by atoms with E-state index in [-0.39, 0.29) is 17.8 Å². The Kier molecular flexibility index (Phi) is 5.28. The molecule has 1 amide bonds. The topological polar surface area (TPSA) is 35.6 Å². The van der Waals surface area contributed by atoms with Gasteiger partial charge in [0.25, 0.3) is 5.91 Å². The van der Waals surface area contributed by atoms with Crippen molar-refractivity contribution in [3.8, 4) is 0 Å². The van der Waals surface area contributed by atoms with Crippen LogP contribution in [0.2, 0.25) is 0 Å². The van der Waals surface area contributed by atoms with Gasteiger partial charge < -0.3 is 15.1 Å². The summed E-state index contributed by atoms with van der Waals surface area (Å²) in [5.74, 6) is -0.146. The molecule has 0 bridgehead atoms. The van der Waals surface area contributed by atoms with Crippen molar-refractivity contribution in [2.75, 3.05) is 36.4 Å². The number of benzene rings is 2. The Morgan fingerprint density at radius 1 is 0.926 bits per heavy atom. The van der Waals surface area contributed by atoms with Crippen LogP contribution in [0.25, 0.3) is 0 Å². The molecule has 2 aliphatic rings. The largest absolute Gasteiger partial charge is 0.381 e. The molecule has 0 spiro atoms. The van der Waals surface area contributed by atoms with E-state index in [4.69, 9.17) is 0 Å². The van der Waals surface area contributed by atoms with Crippen molar-refractivity contribution in [3.63, 3.8) is 0 Å². The normalized spacial score (nSPS) is 20.0. The smallest absolute Gasteiger partial charge is 0.253 e. The number of nitrogens with zero attached hydrogens (tertiary/aromatic N) is 2. The van der Waals surface area contributed by atoms with Gasteiger partial charge >= 0.3 is 0 Å². The summed E-state index contributed by atoms with van der Waals surface area (Å²) in [6.45, 7) is 3.67. The van der Waals surface area contributed by atoms with E-state index in [0.29, 0.717) is 6.54 Å². The third-order valence-electron chi connectivity index (χ3n) is 5.51. The maximum atomic E-state index is 13.1. The van der Waals surface area contributed by atoms with Crippen molar-refractivity contribution in [2.45, 2.75) is 31.7 Å². The Labute approximate surface area is 160 Å². The molecule has 0 unspecified atom stereocenters. The number of hydrogen-bond donors (Lipinski definition) is 1. The third kappa shape index (κ3) is 4.24. The zero-order valence-electron chi connectivity index (χ0n) is 15.5. The van der Waals surface area contributed by atoms with Crippen molar-refractivity contribution < 1.29 is 9.18 Å². The second kappa shape index (κ2) is 7.99. The minimum absolute atomic E-state index is 0.0913. The van der Waals surface area contributed by atoms with Crippen LogP contribution >= 0.6 is 0 Å². The first kappa shape index (κ1) is 17.8. The second-order valence-electron chi connectivity index (χ2n) is 7.48. The number of carbonyl (C=O) groups excluding carboxylic acids is 1. The van der Waals surface area contributed by atoms with E-state index in [1.807, 2.05) is 17.0 Å². The van der Waals surface area contributed by atoms with Gasteiger partial charge in [-0.25, -0.2) is 4.39 Å². The first-order valence-electron chi connectivity index (χ1n) is 9.85. The van der Waals surface area contributed by atoms with Crippen LogP contribution in [0.5, 0.6) is 0 Å². The summed E-state index contributed by atoms with van der Waals surface area (Å²) >= 11 is 0. The van der Waals surface area contributed by atoms with Gasteiger partial charge in [-0.3, -0.25) is 4.79 Å². The summed E-state index contributed by atoms with van der Waals surface area (Å²) < 4.78 is 13.1. The first-order chi connectivity index (χ1) is 13.2. The summed E-state index contributed by atoms with van der Waals surface area (Å²) in [4.78, 5) is 17.2. The van der Waals surface area contributed by atoms with Gasteiger partial charge in [-0.2, -0.15) is 0 Å². The molecule has 5 heteroatoms. The monoisotopic (exact) mass is 367 g/mol. The van der Waals surface area contributed by atoms with Crippen molar-refractivity contribution in [2.24, 2.45) is 0 Å². The molecule has 2 aromatic carbocycles. The predicted octanol–water partition coefficient (Wildman–Crippen LogP) is 4.14. The number of hydrogen-bond acceptors (Lipinski definition) is 3. The van der Waals surface area contributed by atoms with E-state index in [1.165, 1.54) is 30.7 Å². The molecular weight excluding hydrogens is 341 g/mol. The molecule has 2 aliphatic heterocycles. The molecular formula is C22H26FN3O. The van der Waals surface area contributed by atoms with Crippen LogP contribution in [0.3, 0.4) is 0 Å². The fourth-order valence-corrected chi connectivity index (χ4v) is 4.03. The molecule has 4 nitrogen and oxygen atoms in total. The van der Waals surface area contributed by atoms with Crippen molar-refractivity contribution >= 4 is 17.3 Å².